The molecular formula is C18H28N2. The lowest BCUT2D eigenvalue weighted by Gasteiger charge is -2.40. The van der Waals surface area contributed by atoms with Crippen LogP contribution in [0.25, 0.3) is 0 Å². The van der Waals surface area contributed by atoms with Crippen molar-refractivity contribution in [2.45, 2.75) is 57.7 Å². The van der Waals surface area contributed by atoms with Crippen molar-refractivity contribution < 1.29 is 0 Å². The molecule has 1 aromatic carbocycles. The highest BCUT2D eigenvalue weighted by Gasteiger charge is 2.41. The van der Waals surface area contributed by atoms with Crippen LogP contribution in [0.15, 0.2) is 18.2 Å². The largest absolute Gasteiger partial charge is 0.313 e. The molecule has 1 N–H and O–H groups in total. The van der Waals surface area contributed by atoms with Gasteiger partial charge >= 0.3 is 0 Å². The third kappa shape index (κ3) is 2.40. The van der Waals surface area contributed by atoms with Gasteiger partial charge in [0.2, 0.25) is 0 Å². The average molecular weight is 272 g/mol. The van der Waals surface area contributed by atoms with Gasteiger partial charge in [0, 0.05) is 18.1 Å². The number of hydrogen-bond acceptors (Lipinski definition) is 2. The zero-order valence-corrected chi connectivity index (χ0v) is 13.3. The zero-order chi connectivity index (χ0) is 14.3. The van der Waals surface area contributed by atoms with E-state index in [0.717, 1.165) is 18.0 Å². The Morgan fingerprint density at radius 2 is 1.80 bits per heavy atom. The number of nitrogens with one attached hydrogen (secondary N) is 1. The topological polar surface area (TPSA) is 15.3 Å². The van der Waals surface area contributed by atoms with Gasteiger partial charge in [-0.2, -0.15) is 0 Å². The maximum absolute atomic E-state index is 3.62. The molecule has 3 atom stereocenters. The fourth-order valence-electron chi connectivity index (χ4n) is 4.47. The van der Waals surface area contributed by atoms with Crippen LogP contribution in [0.5, 0.6) is 0 Å². The lowest BCUT2D eigenvalue weighted by molar-refractivity contribution is 0.114. The summed E-state index contributed by atoms with van der Waals surface area (Å²) >= 11 is 0. The minimum Gasteiger partial charge on any atom is -0.313 e. The molecule has 0 amide bonds. The Balaban J connectivity index is 1.85. The first-order valence-electron chi connectivity index (χ1n) is 8.06. The number of benzene rings is 1. The maximum Gasteiger partial charge on any atom is 0.0350 e. The number of nitrogens with zero attached hydrogens (tertiary/aromatic N) is 1. The minimum atomic E-state index is 0.520. The Morgan fingerprint density at radius 3 is 2.40 bits per heavy atom. The molecule has 0 aromatic heterocycles. The summed E-state index contributed by atoms with van der Waals surface area (Å²) in [5.41, 5.74) is 4.32. The molecule has 20 heavy (non-hydrogen) atoms. The number of fused-ring (bicyclic) bond motifs is 2. The molecule has 0 radical (unpaired) electrons. The van der Waals surface area contributed by atoms with E-state index in [4.69, 9.17) is 0 Å². The summed E-state index contributed by atoms with van der Waals surface area (Å²) in [5.74, 6) is 0.786. The fraction of sp³-hybridized carbons (Fsp3) is 0.667. The van der Waals surface area contributed by atoms with Gasteiger partial charge in [0.15, 0.2) is 0 Å². The highest BCUT2D eigenvalue weighted by molar-refractivity contribution is 5.33. The Hall–Kier alpha value is -0.860. The van der Waals surface area contributed by atoms with Crippen LogP contribution in [0.3, 0.4) is 0 Å². The lowest BCUT2D eigenvalue weighted by atomic mass is 9.80. The van der Waals surface area contributed by atoms with Crippen LogP contribution in [0.1, 0.15) is 48.4 Å². The molecule has 3 rings (SSSR count). The van der Waals surface area contributed by atoms with Gasteiger partial charge in [-0.15, -0.1) is 0 Å². The van der Waals surface area contributed by atoms with Crippen molar-refractivity contribution in [1.29, 1.82) is 0 Å². The number of piperidine rings is 1. The van der Waals surface area contributed by atoms with E-state index in [0.29, 0.717) is 6.04 Å². The summed E-state index contributed by atoms with van der Waals surface area (Å²) in [6, 6.07) is 9.05. The molecule has 0 saturated carbocycles. The fourth-order valence-corrected chi connectivity index (χ4v) is 4.47. The Labute approximate surface area is 123 Å². The van der Waals surface area contributed by atoms with Gasteiger partial charge in [-0.1, -0.05) is 23.8 Å². The van der Waals surface area contributed by atoms with Crippen molar-refractivity contribution in [2.75, 3.05) is 14.1 Å². The molecule has 1 aromatic rings. The second-order valence-corrected chi connectivity index (χ2v) is 6.91. The smallest absolute Gasteiger partial charge is 0.0350 e. The van der Waals surface area contributed by atoms with Crippen LogP contribution < -0.4 is 5.32 Å². The van der Waals surface area contributed by atoms with Gasteiger partial charge in [-0.3, -0.25) is 0 Å². The molecule has 0 spiro atoms. The highest BCUT2D eigenvalue weighted by Crippen LogP contribution is 2.42. The molecule has 2 aliphatic rings. The van der Waals surface area contributed by atoms with Crippen molar-refractivity contribution in [2.24, 2.45) is 5.92 Å². The Kier molecular flexibility index (Phi) is 3.87. The molecule has 3 unspecified atom stereocenters. The van der Waals surface area contributed by atoms with Crippen LogP contribution in [0.4, 0.5) is 0 Å². The standard InChI is InChI=1S/C18H28N2/c1-12-5-6-13(2)17(9-12)18(19-3)14-10-15-7-8-16(11-14)20(15)4/h5-6,9,14-16,18-19H,7-8,10-11H2,1-4H3. The average Bonchev–Trinajstić information content (AvgIpc) is 2.66. The van der Waals surface area contributed by atoms with E-state index in [2.05, 4.69) is 56.4 Å². The minimum absolute atomic E-state index is 0.520. The number of rotatable bonds is 3. The molecule has 2 nitrogen and oxygen atoms in total. The van der Waals surface area contributed by atoms with Gasteiger partial charge in [-0.05, 0) is 70.7 Å². The van der Waals surface area contributed by atoms with Crippen LogP contribution in [-0.4, -0.2) is 31.1 Å². The molecule has 2 saturated heterocycles. The normalized spacial score (nSPS) is 31.5. The van der Waals surface area contributed by atoms with Gasteiger partial charge in [0.25, 0.3) is 0 Å². The molecule has 2 heterocycles. The molecule has 0 aliphatic carbocycles. The third-order valence-electron chi connectivity index (χ3n) is 5.69. The lowest BCUT2D eigenvalue weighted by Crippen LogP contribution is -2.43. The van der Waals surface area contributed by atoms with Crippen molar-refractivity contribution in [3.8, 4) is 0 Å². The van der Waals surface area contributed by atoms with E-state index in [1.54, 1.807) is 0 Å². The van der Waals surface area contributed by atoms with E-state index >= 15 is 0 Å². The van der Waals surface area contributed by atoms with E-state index in [9.17, 15) is 0 Å². The molecule has 2 heteroatoms. The first-order chi connectivity index (χ1) is 9.60. The molecule has 110 valence electrons. The van der Waals surface area contributed by atoms with Crippen molar-refractivity contribution in [3.63, 3.8) is 0 Å². The predicted molar refractivity (Wildman–Crippen MR) is 85.0 cm³/mol. The summed E-state index contributed by atoms with van der Waals surface area (Å²) < 4.78 is 0. The second-order valence-electron chi connectivity index (χ2n) is 6.91. The number of hydrogen-bond donors (Lipinski definition) is 1. The first kappa shape index (κ1) is 14.1. The quantitative estimate of drug-likeness (QED) is 0.907. The maximum atomic E-state index is 3.62. The second kappa shape index (κ2) is 5.50. The summed E-state index contributed by atoms with van der Waals surface area (Å²) in [5, 5.41) is 3.62. The van der Waals surface area contributed by atoms with E-state index in [1.165, 1.54) is 42.4 Å². The van der Waals surface area contributed by atoms with E-state index in [1.807, 2.05) is 0 Å². The predicted octanol–water partition coefficient (Wildman–Crippen LogP) is 3.44. The van der Waals surface area contributed by atoms with Crippen molar-refractivity contribution in [1.82, 2.24) is 10.2 Å². The summed E-state index contributed by atoms with van der Waals surface area (Å²) in [7, 11) is 4.46. The monoisotopic (exact) mass is 272 g/mol. The van der Waals surface area contributed by atoms with E-state index in [-0.39, 0.29) is 0 Å². The molecular weight excluding hydrogens is 244 g/mol. The summed E-state index contributed by atoms with van der Waals surface area (Å²) in [6.07, 6.45) is 5.51. The van der Waals surface area contributed by atoms with Crippen molar-refractivity contribution >= 4 is 0 Å². The third-order valence-corrected chi connectivity index (χ3v) is 5.69. The van der Waals surface area contributed by atoms with Crippen LogP contribution in [0.2, 0.25) is 0 Å². The molecule has 2 aliphatic heterocycles. The van der Waals surface area contributed by atoms with Gasteiger partial charge in [0.1, 0.15) is 0 Å². The van der Waals surface area contributed by atoms with E-state index < -0.39 is 0 Å². The Bertz CT molecular complexity index is 468. The summed E-state index contributed by atoms with van der Waals surface area (Å²) in [4.78, 5) is 2.63. The van der Waals surface area contributed by atoms with Crippen LogP contribution in [0, 0.1) is 19.8 Å². The molecule has 2 bridgehead atoms. The number of aryl methyl sites for hydroxylation is 2. The highest BCUT2D eigenvalue weighted by atomic mass is 15.2. The van der Waals surface area contributed by atoms with Crippen molar-refractivity contribution in [3.05, 3.63) is 34.9 Å². The summed E-state index contributed by atoms with van der Waals surface area (Å²) in [6.45, 7) is 4.46. The van der Waals surface area contributed by atoms with Crippen LogP contribution >= 0.6 is 0 Å². The zero-order valence-electron chi connectivity index (χ0n) is 13.3. The first-order valence-corrected chi connectivity index (χ1v) is 8.06. The molecule has 2 fully saturated rings. The van der Waals surface area contributed by atoms with Gasteiger partial charge < -0.3 is 10.2 Å². The van der Waals surface area contributed by atoms with Gasteiger partial charge in [0.05, 0.1) is 0 Å². The SMILES string of the molecule is CNC(c1cc(C)ccc1C)C1CC2CCC(C1)N2C. The Morgan fingerprint density at radius 1 is 1.15 bits per heavy atom. The van der Waals surface area contributed by atoms with Gasteiger partial charge in [-0.25, -0.2) is 0 Å². The van der Waals surface area contributed by atoms with Crippen LogP contribution in [-0.2, 0) is 0 Å².